The number of nitrogens with one attached hydrogen (secondary N) is 2. The first kappa shape index (κ1) is 15.0. The second-order valence-corrected chi connectivity index (χ2v) is 5.57. The summed E-state index contributed by atoms with van der Waals surface area (Å²) in [6.07, 6.45) is 1.72. The average molecular weight is 329 g/mol. The zero-order chi connectivity index (χ0) is 17.1. The van der Waals surface area contributed by atoms with Gasteiger partial charge in [-0.15, -0.1) is 0 Å². The lowest BCUT2D eigenvalue weighted by Gasteiger charge is -2.08. The van der Waals surface area contributed by atoms with Gasteiger partial charge in [-0.2, -0.15) is 5.10 Å². The fourth-order valence-corrected chi connectivity index (χ4v) is 2.55. The third-order valence-electron chi connectivity index (χ3n) is 3.77. The number of H-pyrrole nitrogens is 1. The number of aromatic nitrogens is 2. The number of fused-ring (bicyclic) bond motifs is 1. The molecular formula is C20H15N3O2. The van der Waals surface area contributed by atoms with Crippen molar-refractivity contribution in [1.29, 1.82) is 0 Å². The number of benzene rings is 3. The molecule has 5 heteroatoms. The molecule has 4 aromatic rings. The number of rotatable bonds is 4. The maximum Gasteiger partial charge on any atom is 0.255 e. The van der Waals surface area contributed by atoms with E-state index in [1.807, 2.05) is 54.6 Å². The van der Waals surface area contributed by atoms with E-state index in [9.17, 15) is 4.79 Å². The minimum absolute atomic E-state index is 0.193. The van der Waals surface area contributed by atoms with Gasteiger partial charge in [0.25, 0.3) is 5.91 Å². The molecule has 25 heavy (non-hydrogen) atoms. The number of nitrogens with zero attached hydrogens (tertiary/aromatic N) is 1. The molecule has 5 nitrogen and oxygen atoms in total. The van der Waals surface area contributed by atoms with E-state index in [-0.39, 0.29) is 5.91 Å². The van der Waals surface area contributed by atoms with Crippen molar-refractivity contribution in [3.05, 3.63) is 84.6 Å². The van der Waals surface area contributed by atoms with E-state index in [1.54, 1.807) is 24.4 Å². The van der Waals surface area contributed by atoms with E-state index >= 15 is 0 Å². The Kier molecular flexibility index (Phi) is 3.88. The second-order valence-electron chi connectivity index (χ2n) is 5.57. The lowest BCUT2D eigenvalue weighted by molar-refractivity contribution is 0.102. The summed E-state index contributed by atoms with van der Waals surface area (Å²) in [5.41, 5.74) is 2.17. The fourth-order valence-electron chi connectivity index (χ4n) is 2.55. The van der Waals surface area contributed by atoms with E-state index in [2.05, 4.69) is 15.5 Å². The molecular weight excluding hydrogens is 314 g/mol. The Morgan fingerprint density at radius 2 is 1.76 bits per heavy atom. The van der Waals surface area contributed by atoms with Crippen LogP contribution in [0.3, 0.4) is 0 Å². The molecule has 2 N–H and O–H groups in total. The number of ether oxygens (including phenoxy) is 1. The number of aromatic amines is 1. The highest BCUT2D eigenvalue weighted by Gasteiger charge is 2.08. The van der Waals surface area contributed by atoms with Crippen molar-refractivity contribution < 1.29 is 9.53 Å². The molecule has 1 aromatic heterocycles. The molecule has 4 rings (SSSR count). The molecule has 0 aliphatic heterocycles. The smallest absolute Gasteiger partial charge is 0.255 e. The summed E-state index contributed by atoms with van der Waals surface area (Å²) in [6, 6.07) is 22.1. The molecule has 1 amide bonds. The van der Waals surface area contributed by atoms with Gasteiger partial charge in [0, 0.05) is 16.6 Å². The monoisotopic (exact) mass is 329 g/mol. The Labute approximate surface area is 144 Å². The van der Waals surface area contributed by atoms with E-state index in [1.165, 1.54) is 0 Å². The van der Waals surface area contributed by atoms with Gasteiger partial charge >= 0.3 is 0 Å². The minimum Gasteiger partial charge on any atom is -0.457 e. The Balaban J connectivity index is 1.52. The number of hydrogen-bond acceptors (Lipinski definition) is 3. The lowest BCUT2D eigenvalue weighted by Crippen LogP contribution is -2.11. The maximum atomic E-state index is 12.5. The summed E-state index contributed by atoms with van der Waals surface area (Å²) in [4.78, 5) is 12.5. The van der Waals surface area contributed by atoms with Crippen LogP contribution in [0.15, 0.2) is 79.0 Å². The van der Waals surface area contributed by atoms with Gasteiger partial charge in [-0.05, 0) is 48.5 Å². The summed E-state index contributed by atoms with van der Waals surface area (Å²) in [5.74, 6) is 1.15. The predicted molar refractivity (Wildman–Crippen MR) is 97.0 cm³/mol. The van der Waals surface area contributed by atoms with Crippen molar-refractivity contribution in [1.82, 2.24) is 10.2 Å². The first-order valence-electron chi connectivity index (χ1n) is 7.85. The summed E-state index contributed by atoms with van der Waals surface area (Å²) in [6.45, 7) is 0. The summed E-state index contributed by atoms with van der Waals surface area (Å²) < 4.78 is 5.77. The summed E-state index contributed by atoms with van der Waals surface area (Å²) in [5, 5.41) is 10.7. The Morgan fingerprint density at radius 1 is 0.920 bits per heavy atom. The summed E-state index contributed by atoms with van der Waals surface area (Å²) in [7, 11) is 0. The van der Waals surface area contributed by atoms with Gasteiger partial charge in [-0.1, -0.05) is 24.3 Å². The number of amides is 1. The number of carbonyl (C=O) groups excluding carboxylic acids is 1. The Bertz CT molecular complexity index is 1030. The van der Waals surface area contributed by atoms with Crippen LogP contribution in [-0.2, 0) is 0 Å². The van der Waals surface area contributed by atoms with Gasteiger partial charge in [0.05, 0.1) is 11.7 Å². The molecule has 0 spiro atoms. The SMILES string of the molecule is O=C(Nc1ccc2[nH]ncc2c1)c1cccc(Oc2ccccc2)c1. The molecule has 3 aromatic carbocycles. The highest BCUT2D eigenvalue weighted by Crippen LogP contribution is 2.23. The molecule has 0 saturated heterocycles. The quantitative estimate of drug-likeness (QED) is 0.574. The predicted octanol–water partition coefficient (Wildman–Crippen LogP) is 4.61. The lowest BCUT2D eigenvalue weighted by atomic mass is 10.2. The maximum absolute atomic E-state index is 12.5. The van der Waals surface area contributed by atoms with Crippen molar-refractivity contribution in [2.24, 2.45) is 0 Å². The van der Waals surface area contributed by atoms with Crippen molar-refractivity contribution in [3.63, 3.8) is 0 Å². The fraction of sp³-hybridized carbons (Fsp3) is 0. The molecule has 0 aliphatic rings. The topological polar surface area (TPSA) is 67.0 Å². The number of hydrogen-bond donors (Lipinski definition) is 2. The van der Waals surface area contributed by atoms with Crippen LogP contribution in [0.25, 0.3) is 10.9 Å². The average Bonchev–Trinajstić information content (AvgIpc) is 3.10. The standard InChI is InChI=1S/C20H15N3O2/c24-20(22-16-9-10-19-15(11-16)13-21-23-19)14-5-4-8-18(12-14)25-17-6-2-1-3-7-17/h1-13H,(H,21,23)(H,22,24). The van der Waals surface area contributed by atoms with Crippen LogP contribution in [-0.4, -0.2) is 16.1 Å². The molecule has 0 saturated carbocycles. The van der Waals surface area contributed by atoms with Crippen molar-refractivity contribution >= 4 is 22.5 Å². The van der Waals surface area contributed by atoms with Gasteiger partial charge < -0.3 is 10.1 Å². The van der Waals surface area contributed by atoms with Crippen LogP contribution in [0.1, 0.15) is 10.4 Å². The minimum atomic E-state index is -0.193. The number of carbonyl (C=O) groups is 1. The molecule has 0 atom stereocenters. The molecule has 0 radical (unpaired) electrons. The zero-order valence-electron chi connectivity index (χ0n) is 13.3. The van der Waals surface area contributed by atoms with Gasteiger partial charge in [0.15, 0.2) is 0 Å². The van der Waals surface area contributed by atoms with Crippen molar-refractivity contribution in [3.8, 4) is 11.5 Å². The van der Waals surface area contributed by atoms with Crippen molar-refractivity contribution in [2.75, 3.05) is 5.32 Å². The molecule has 0 aliphatic carbocycles. The van der Waals surface area contributed by atoms with Crippen LogP contribution >= 0.6 is 0 Å². The van der Waals surface area contributed by atoms with E-state index in [4.69, 9.17) is 4.74 Å². The van der Waals surface area contributed by atoms with Crippen LogP contribution in [0.2, 0.25) is 0 Å². The zero-order valence-corrected chi connectivity index (χ0v) is 13.3. The highest BCUT2D eigenvalue weighted by molar-refractivity contribution is 6.05. The number of anilines is 1. The number of para-hydroxylation sites is 1. The largest absolute Gasteiger partial charge is 0.457 e. The van der Waals surface area contributed by atoms with E-state index in [0.29, 0.717) is 17.0 Å². The molecule has 0 fully saturated rings. The first-order chi connectivity index (χ1) is 12.3. The van der Waals surface area contributed by atoms with E-state index < -0.39 is 0 Å². The first-order valence-corrected chi connectivity index (χ1v) is 7.85. The third-order valence-corrected chi connectivity index (χ3v) is 3.77. The van der Waals surface area contributed by atoms with E-state index in [0.717, 1.165) is 16.7 Å². The van der Waals surface area contributed by atoms with Crippen LogP contribution < -0.4 is 10.1 Å². The highest BCUT2D eigenvalue weighted by atomic mass is 16.5. The Morgan fingerprint density at radius 3 is 2.64 bits per heavy atom. The molecule has 0 unspecified atom stereocenters. The second kappa shape index (κ2) is 6.49. The normalized spacial score (nSPS) is 10.6. The van der Waals surface area contributed by atoms with Crippen LogP contribution in [0.4, 0.5) is 5.69 Å². The van der Waals surface area contributed by atoms with Crippen LogP contribution in [0, 0.1) is 0 Å². The summed E-state index contributed by atoms with van der Waals surface area (Å²) >= 11 is 0. The van der Waals surface area contributed by atoms with Crippen LogP contribution in [0.5, 0.6) is 11.5 Å². The van der Waals surface area contributed by atoms with Gasteiger partial charge in [-0.3, -0.25) is 9.89 Å². The molecule has 0 bridgehead atoms. The molecule has 1 heterocycles. The van der Waals surface area contributed by atoms with Gasteiger partial charge in [-0.25, -0.2) is 0 Å². The van der Waals surface area contributed by atoms with Gasteiger partial charge in [0.1, 0.15) is 11.5 Å². The third kappa shape index (κ3) is 3.35. The Hall–Kier alpha value is -3.60. The van der Waals surface area contributed by atoms with Gasteiger partial charge in [0.2, 0.25) is 0 Å². The van der Waals surface area contributed by atoms with Crippen molar-refractivity contribution in [2.45, 2.75) is 0 Å². The molecule has 122 valence electrons.